The third-order valence-electron chi connectivity index (χ3n) is 6.12. The molecule has 4 atom stereocenters. The van der Waals surface area contributed by atoms with Gasteiger partial charge in [0.15, 0.2) is 0 Å². The summed E-state index contributed by atoms with van der Waals surface area (Å²) in [7, 11) is 0. The number of nitrogens with zero attached hydrogens (tertiary/aromatic N) is 1. The molecule has 0 bridgehead atoms. The van der Waals surface area contributed by atoms with Crippen LogP contribution in [0.5, 0.6) is 0 Å². The maximum atomic E-state index is 13.5. The number of aliphatic hydroxyl groups excluding tert-OH is 1. The Morgan fingerprint density at radius 3 is 2.61 bits per heavy atom. The molecule has 2 aromatic carbocycles. The van der Waals surface area contributed by atoms with Crippen molar-refractivity contribution in [2.24, 2.45) is 5.92 Å². The highest BCUT2D eigenvalue weighted by Crippen LogP contribution is 2.36. The Bertz CT molecular complexity index is 951. The molecule has 0 unspecified atom stereocenters. The number of carboxylic acid groups (broad SMARTS) is 1. The first-order valence-electron chi connectivity index (χ1n) is 10.3. The molecule has 0 radical (unpaired) electrons. The van der Waals surface area contributed by atoms with Crippen LogP contribution in [0.4, 0.5) is 9.18 Å². The fourth-order valence-electron chi connectivity index (χ4n) is 4.53. The van der Waals surface area contributed by atoms with Crippen molar-refractivity contribution >= 4 is 12.0 Å². The number of hydrogen-bond acceptors (Lipinski definition) is 4. The zero-order chi connectivity index (χ0) is 22.0. The summed E-state index contributed by atoms with van der Waals surface area (Å²) in [6, 6.07) is 13.0. The number of ether oxygens (including phenoxy) is 1. The van der Waals surface area contributed by atoms with Gasteiger partial charge in [0.1, 0.15) is 11.9 Å². The van der Waals surface area contributed by atoms with Crippen molar-refractivity contribution in [3.8, 4) is 0 Å². The lowest BCUT2D eigenvalue weighted by atomic mass is 9.86. The standard InChI is InChI=1S/C23H25FN2O5/c24-17-7-5-15(6-8-17)21-18-4-2-1-3-14(18)9-10-26(21)22(28)20-11-19(25-23(29)30)16(12-27)13-31-20/h1-8,16,19-21,25,27H,9-13H2,(H,29,30)/t16-,19+,20-,21+/m1/s1. The summed E-state index contributed by atoms with van der Waals surface area (Å²) in [5.41, 5.74) is 2.92. The molecule has 2 aliphatic rings. The quantitative estimate of drug-likeness (QED) is 0.694. The second-order valence-corrected chi connectivity index (χ2v) is 7.99. The SMILES string of the molecule is O=C(O)N[C@H]1C[C@H](C(=O)N2CCc3ccccc3[C@@H]2c2ccc(F)cc2)OC[C@H]1CO. The second-order valence-electron chi connectivity index (χ2n) is 7.99. The Hall–Kier alpha value is -2.97. The molecule has 2 aliphatic heterocycles. The number of halogens is 1. The van der Waals surface area contributed by atoms with Crippen molar-refractivity contribution in [2.75, 3.05) is 19.8 Å². The second kappa shape index (κ2) is 9.03. The van der Waals surface area contributed by atoms with E-state index < -0.39 is 24.2 Å². The summed E-state index contributed by atoms with van der Waals surface area (Å²) in [6.45, 7) is 0.322. The number of carbonyl (C=O) groups excluding carboxylic acids is 1. The van der Waals surface area contributed by atoms with Crippen molar-refractivity contribution in [3.05, 3.63) is 71.0 Å². The van der Waals surface area contributed by atoms with Crippen molar-refractivity contribution in [2.45, 2.75) is 31.0 Å². The molecule has 0 saturated carbocycles. The zero-order valence-electron chi connectivity index (χ0n) is 16.9. The van der Waals surface area contributed by atoms with E-state index in [1.807, 2.05) is 24.3 Å². The monoisotopic (exact) mass is 428 g/mol. The maximum Gasteiger partial charge on any atom is 0.404 e. The largest absolute Gasteiger partial charge is 0.465 e. The lowest BCUT2D eigenvalue weighted by molar-refractivity contribution is -0.153. The van der Waals surface area contributed by atoms with Crippen LogP contribution in [-0.4, -0.2) is 59.0 Å². The summed E-state index contributed by atoms with van der Waals surface area (Å²) in [5, 5.41) is 21.0. The number of rotatable bonds is 4. The van der Waals surface area contributed by atoms with Crippen molar-refractivity contribution in [1.82, 2.24) is 10.2 Å². The minimum atomic E-state index is -1.20. The van der Waals surface area contributed by atoms with Gasteiger partial charge in [0.25, 0.3) is 5.91 Å². The molecule has 1 saturated heterocycles. The first-order chi connectivity index (χ1) is 15.0. The van der Waals surface area contributed by atoms with E-state index in [0.717, 1.165) is 16.7 Å². The molecular weight excluding hydrogens is 403 g/mol. The highest BCUT2D eigenvalue weighted by Gasteiger charge is 2.40. The van der Waals surface area contributed by atoms with Crippen molar-refractivity contribution < 1.29 is 28.9 Å². The molecule has 2 amide bonds. The molecule has 2 aromatic rings. The van der Waals surface area contributed by atoms with E-state index >= 15 is 0 Å². The average molecular weight is 428 g/mol. The molecule has 7 nitrogen and oxygen atoms in total. The Labute approximate surface area is 179 Å². The third kappa shape index (κ3) is 4.40. The van der Waals surface area contributed by atoms with Gasteiger partial charge >= 0.3 is 6.09 Å². The maximum absolute atomic E-state index is 13.5. The fourth-order valence-corrected chi connectivity index (χ4v) is 4.53. The number of benzene rings is 2. The topological polar surface area (TPSA) is 99.1 Å². The summed E-state index contributed by atoms with van der Waals surface area (Å²) in [6.07, 6.45) is -1.20. The zero-order valence-corrected chi connectivity index (χ0v) is 16.9. The molecule has 3 N–H and O–H groups in total. The van der Waals surface area contributed by atoms with Crippen LogP contribution >= 0.6 is 0 Å². The number of carbonyl (C=O) groups is 2. The smallest absolute Gasteiger partial charge is 0.404 e. The van der Waals surface area contributed by atoms with Crippen LogP contribution in [0.3, 0.4) is 0 Å². The number of fused-ring (bicyclic) bond motifs is 1. The van der Waals surface area contributed by atoms with Gasteiger partial charge in [-0.25, -0.2) is 9.18 Å². The molecule has 164 valence electrons. The Kier molecular flexibility index (Phi) is 6.20. The normalized spacial score (nSPS) is 25.5. The number of hydrogen-bond donors (Lipinski definition) is 3. The number of amides is 2. The highest BCUT2D eigenvalue weighted by atomic mass is 19.1. The van der Waals surface area contributed by atoms with Crippen LogP contribution in [0.15, 0.2) is 48.5 Å². The molecule has 8 heteroatoms. The fraction of sp³-hybridized carbons (Fsp3) is 0.391. The summed E-state index contributed by atoms with van der Waals surface area (Å²) in [5.74, 6) is -0.994. The minimum absolute atomic E-state index is 0.0868. The molecular formula is C23H25FN2O5. The van der Waals surface area contributed by atoms with Crippen molar-refractivity contribution in [3.63, 3.8) is 0 Å². The van der Waals surface area contributed by atoms with Gasteiger partial charge in [-0.05, 0) is 35.2 Å². The van der Waals surface area contributed by atoms with E-state index in [1.54, 1.807) is 17.0 Å². The molecule has 0 spiro atoms. The summed E-state index contributed by atoms with van der Waals surface area (Å²) < 4.78 is 19.3. The lowest BCUT2D eigenvalue weighted by Crippen LogP contribution is -2.54. The van der Waals surface area contributed by atoms with Crippen LogP contribution in [0.2, 0.25) is 0 Å². The first-order valence-corrected chi connectivity index (χ1v) is 10.3. The lowest BCUT2D eigenvalue weighted by Gasteiger charge is -2.42. The van der Waals surface area contributed by atoms with E-state index in [1.165, 1.54) is 12.1 Å². The number of nitrogens with one attached hydrogen (secondary N) is 1. The Morgan fingerprint density at radius 2 is 1.90 bits per heavy atom. The van der Waals surface area contributed by atoms with E-state index in [0.29, 0.717) is 13.0 Å². The van der Waals surface area contributed by atoms with E-state index in [4.69, 9.17) is 9.84 Å². The molecule has 1 fully saturated rings. The third-order valence-corrected chi connectivity index (χ3v) is 6.12. The van der Waals surface area contributed by atoms with Gasteiger partial charge in [0.2, 0.25) is 0 Å². The van der Waals surface area contributed by atoms with Gasteiger partial charge in [-0.1, -0.05) is 36.4 Å². The average Bonchev–Trinajstić information content (AvgIpc) is 2.78. The molecule has 2 heterocycles. The molecule has 0 aliphatic carbocycles. The van der Waals surface area contributed by atoms with Crippen LogP contribution in [0.25, 0.3) is 0 Å². The Morgan fingerprint density at radius 1 is 1.16 bits per heavy atom. The highest BCUT2D eigenvalue weighted by molar-refractivity contribution is 5.82. The van der Waals surface area contributed by atoms with Crippen LogP contribution in [0, 0.1) is 11.7 Å². The predicted molar refractivity (Wildman–Crippen MR) is 110 cm³/mol. The molecule has 31 heavy (non-hydrogen) atoms. The van der Waals surface area contributed by atoms with Gasteiger partial charge in [0.05, 0.1) is 19.3 Å². The predicted octanol–water partition coefficient (Wildman–Crippen LogP) is 2.33. The van der Waals surface area contributed by atoms with Crippen LogP contribution < -0.4 is 5.32 Å². The number of aliphatic hydroxyl groups is 1. The van der Waals surface area contributed by atoms with E-state index in [2.05, 4.69) is 5.32 Å². The van der Waals surface area contributed by atoms with Gasteiger partial charge in [0, 0.05) is 24.9 Å². The van der Waals surface area contributed by atoms with Crippen LogP contribution in [0.1, 0.15) is 29.2 Å². The summed E-state index contributed by atoms with van der Waals surface area (Å²) >= 11 is 0. The van der Waals surface area contributed by atoms with Crippen molar-refractivity contribution in [1.29, 1.82) is 0 Å². The molecule has 0 aromatic heterocycles. The first kappa shape index (κ1) is 21.3. The Balaban J connectivity index is 1.63. The van der Waals surface area contributed by atoms with Crippen LogP contribution in [-0.2, 0) is 16.0 Å². The van der Waals surface area contributed by atoms with E-state index in [-0.39, 0.29) is 37.4 Å². The van der Waals surface area contributed by atoms with Gasteiger partial charge < -0.3 is 25.2 Å². The van der Waals surface area contributed by atoms with E-state index in [9.17, 15) is 19.1 Å². The van der Waals surface area contributed by atoms with Gasteiger partial charge in [-0.2, -0.15) is 0 Å². The minimum Gasteiger partial charge on any atom is -0.465 e. The summed E-state index contributed by atoms with van der Waals surface area (Å²) in [4.78, 5) is 26.4. The molecule has 4 rings (SSSR count). The van der Waals surface area contributed by atoms with Gasteiger partial charge in [-0.15, -0.1) is 0 Å². The van der Waals surface area contributed by atoms with Gasteiger partial charge in [-0.3, -0.25) is 4.79 Å².